The average Bonchev–Trinajstić information content (AvgIpc) is 3.21. The molecule has 0 bridgehead atoms. The summed E-state index contributed by atoms with van der Waals surface area (Å²) in [6, 6.07) is 14.9. The van der Waals surface area contributed by atoms with Crippen molar-refractivity contribution >= 4 is 51.5 Å². The van der Waals surface area contributed by atoms with Crippen LogP contribution < -0.4 is 5.32 Å². The Morgan fingerprint density at radius 2 is 2.00 bits per heavy atom. The predicted octanol–water partition coefficient (Wildman–Crippen LogP) is 3.98. The highest BCUT2D eigenvalue weighted by atomic mass is 32.2. The first-order chi connectivity index (χ1) is 15.0. The standard InChI is InChI=1S/C22H15FN4O3S/c23-15-4-3-5-16(11-15)25-20(28)13-27-21(29)19(31-22(27)30)10-14-12-26(9-8-24)18-7-2-1-6-17(14)18/h1-7,10-12H,9,13H2,(H,25,28)/b19-10+. The molecule has 7 nitrogen and oxygen atoms in total. The molecule has 0 atom stereocenters. The quantitative estimate of drug-likeness (QED) is 0.613. The number of nitrogens with one attached hydrogen (secondary N) is 1. The summed E-state index contributed by atoms with van der Waals surface area (Å²) in [5.74, 6) is -1.70. The van der Waals surface area contributed by atoms with E-state index in [1.807, 2.05) is 24.3 Å². The molecule has 3 aromatic rings. The Hall–Kier alpha value is -3.90. The van der Waals surface area contributed by atoms with E-state index in [0.29, 0.717) is 5.56 Å². The van der Waals surface area contributed by atoms with Crippen molar-refractivity contribution < 1.29 is 18.8 Å². The van der Waals surface area contributed by atoms with Gasteiger partial charge in [0.25, 0.3) is 11.1 Å². The molecule has 31 heavy (non-hydrogen) atoms. The maximum Gasteiger partial charge on any atom is 0.294 e. The van der Waals surface area contributed by atoms with Crippen LogP contribution in [0.1, 0.15) is 5.56 Å². The van der Waals surface area contributed by atoms with Gasteiger partial charge in [-0.05, 0) is 42.1 Å². The molecule has 0 aliphatic carbocycles. The lowest BCUT2D eigenvalue weighted by atomic mass is 10.1. The Balaban J connectivity index is 1.55. The summed E-state index contributed by atoms with van der Waals surface area (Å²) in [6.07, 6.45) is 3.34. The highest BCUT2D eigenvalue weighted by molar-refractivity contribution is 8.18. The zero-order valence-corrected chi connectivity index (χ0v) is 16.9. The molecule has 0 spiro atoms. The number of para-hydroxylation sites is 1. The molecule has 1 aromatic heterocycles. The van der Waals surface area contributed by atoms with Crippen molar-refractivity contribution in [1.29, 1.82) is 5.26 Å². The maximum absolute atomic E-state index is 13.3. The number of anilines is 1. The molecule has 1 N–H and O–H groups in total. The van der Waals surface area contributed by atoms with E-state index < -0.39 is 29.4 Å². The van der Waals surface area contributed by atoms with Crippen molar-refractivity contribution in [3.8, 4) is 6.07 Å². The first-order valence-electron chi connectivity index (χ1n) is 9.22. The first kappa shape index (κ1) is 20.4. The van der Waals surface area contributed by atoms with Gasteiger partial charge in [0, 0.05) is 28.4 Å². The van der Waals surface area contributed by atoms with Crippen molar-refractivity contribution in [1.82, 2.24) is 9.47 Å². The Labute approximate surface area is 180 Å². The van der Waals surface area contributed by atoms with Gasteiger partial charge in [0.2, 0.25) is 5.91 Å². The van der Waals surface area contributed by atoms with Crippen LogP contribution >= 0.6 is 11.8 Å². The fraction of sp³-hybridized carbons (Fsp3) is 0.0909. The number of nitriles is 1. The molecule has 3 amide bonds. The average molecular weight is 434 g/mol. The number of halogens is 1. The van der Waals surface area contributed by atoms with Gasteiger partial charge in [0.15, 0.2) is 0 Å². The summed E-state index contributed by atoms with van der Waals surface area (Å²) in [7, 11) is 0. The molecule has 154 valence electrons. The number of thioether (sulfide) groups is 1. The largest absolute Gasteiger partial charge is 0.333 e. The molecule has 1 aliphatic rings. The van der Waals surface area contributed by atoms with E-state index in [0.717, 1.165) is 33.6 Å². The van der Waals surface area contributed by atoms with Gasteiger partial charge in [-0.1, -0.05) is 24.3 Å². The van der Waals surface area contributed by atoms with Gasteiger partial charge in [0.05, 0.1) is 11.0 Å². The van der Waals surface area contributed by atoms with Crippen LogP contribution in [0.2, 0.25) is 0 Å². The zero-order valence-electron chi connectivity index (χ0n) is 16.0. The molecular weight excluding hydrogens is 419 g/mol. The van der Waals surface area contributed by atoms with Crippen LogP contribution in [-0.2, 0) is 16.1 Å². The molecule has 9 heteroatoms. The van der Waals surface area contributed by atoms with Gasteiger partial charge in [-0.25, -0.2) is 4.39 Å². The second-order valence-electron chi connectivity index (χ2n) is 6.71. The molecule has 1 fully saturated rings. The molecule has 0 radical (unpaired) electrons. The predicted molar refractivity (Wildman–Crippen MR) is 115 cm³/mol. The Bertz CT molecular complexity index is 1290. The van der Waals surface area contributed by atoms with E-state index in [1.54, 1.807) is 16.8 Å². The van der Waals surface area contributed by atoms with Gasteiger partial charge >= 0.3 is 0 Å². The smallest absolute Gasteiger partial charge is 0.294 e. The van der Waals surface area contributed by atoms with Gasteiger partial charge in [-0.3, -0.25) is 19.3 Å². The number of nitrogens with zero attached hydrogens (tertiary/aromatic N) is 3. The molecule has 1 saturated heterocycles. The van der Waals surface area contributed by atoms with Crippen molar-refractivity contribution in [3.63, 3.8) is 0 Å². The van der Waals surface area contributed by atoms with Crippen LogP contribution in [0.4, 0.5) is 14.9 Å². The van der Waals surface area contributed by atoms with Crippen LogP contribution in [0.25, 0.3) is 17.0 Å². The van der Waals surface area contributed by atoms with E-state index in [9.17, 15) is 18.8 Å². The van der Waals surface area contributed by atoms with Crippen LogP contribution in [0.3, 0.4) is 0 Å². The van der Waals surface area contributed by atoms with E-state index >= 15 is 0 Å². The van der Waals surface area contributed by atoms with E-state index in [4.69, 9.17) is 5.26 Å². The fourth-order valence-corrected chi connectivity index (χ4v) is 4.11. The minimum absolute atomic E-state index is 0.149. The van der Waals surface area contributed by atoms with E-state index in [2.05, 4.69) is 11.4 Å². The van der Waals surface area contributed by atoms with Crippen molar-refractivity contribution in [2.75, 3.05) is 11.9 Å². The lowest BCUT2D eigenvalue weighted by molar-refractivity contribution is -0.127. The third kappa shape index (κ3) is 4.20. The summed E-state index contributed by atoms with van der Waals surface area (Å²) in [6.45, 7) is -0.329. The first-order valence-corrected chi connectivity index (χ1v) is 10.0. The molecule has 0 unspecified atom stereocenters. The van der Waals surface area contributed by atoms with Crippen LogP contribution in [0.5, 0.6) is 0 Å². The number of aromatic nitrogens is 1. The fourth-order valence-electron chi connectivity index (χ4n) is 3.29. The number of carbonyl (C=O) groups is 3. The van der Waals surface area contributed by atoms with Crippen LogP contribution in [0.15, 0.2) is 59.6 Å². The highest BCUT2D eigenvalue weighted by Crippen LogP contribution is 2.34. The van der Waals surface area contributed by atoms with Crippen molar-refractivity contribution in [2.45, 2.75) is 6.54 Å². The molecule has 0 saturated carbocycles. The Morgan fingerprint density at radius 3 is 2.77 bits per heavy atom. The monoisotopic (exact) mass is 434 g/mol. The minimum Gasteiger partial charge on any atom is -0.333 e. The van der Waals surface area contributed by atoms with Gasteiger partial charge in [0.1, 0.15) is 18.9 Å². The number of hydrogen-bond acceptors (Lipinski definition) is 5. The minimum atomic E-state index is -0.611. The number of fused-ring (bicyclic) bond motifs is 1. The van der Waals surface area contributed by atoms with E-state index in [1.165, 1.54) is 18.2 Å². The summed E-state index contributed by atoms with van der Waals surface area (Å²) in [5, 5.41) is 11.8. The van der Waals surface area contributed by atoms with Crippen molar-refractivity contribution in [3.05, 3.63) is 71.0 Å². The van der Waals surface area contributed by atoms with Crippen LogP contribution in [0, 0.1) is 17.1 Å². The number of benzene rings is 2. The highest BCUT2D eigenvalue weighted by Gasteiger charge is 2.36. The number of rotatable bonds is 5. The number of hydrogen-bond donors (Lipinski definition) is 1. The maximum atomic E-state index is 13.3. The van der Waals surface area contributed by atoms with Gasteiger partial charge in [-0.15, -0.1) is 0 Å². The normalized spacial score (nSPS) is 15.0. The molecule has 4 rings (SSSR count). The molecule has 1 aliphatic heterocycles. The second kappa shape index (κ2) is 8.45. The summed E-state index contributed by atoms with van der Waals surface area (Å²) < 4.78 is 15.0. The van der Waals surface area contributed by atoms with Gasteiger partial charge in [-0.2, -0.15) is 5.26 Å². The lowest BCUT2D eigenvalue weighted by Crippen LogP contribution is -2.36. The summed E-state index contributed by atoms with van der Waals surface area (Å²) in [5.41, 5.74) is 1.77. The molecular formula is C22H15FN4O3S. The Kier molecular flexibility index (Phi) is 5.56. The number of carbonyl (C=O) groups excluding carboxylic acids is 3. The summed E-state index contributed by atoms with van der Waals surface area (Å²) in [4.78, 5) is 38.4. The van der Waals surface area contributed by atoms with Crippen LogP contribution in [-0.4, -0.2) is 33.1 Å². The number of imide groups is 1. The Morgan fingerprint density at radius 1 is 1.19 bits per heavy atom. The third-order valence-corrected chi connectivity index (χ3v) is 5.54. The molecule has 2 aromatic carbocycles. The SMILES string of the molecule is N#CCn1cc(/C=C2/SC(=O)N(CC(=O)Nc3cccc(F)c3)C2=O)c2ccccc21. The third-order valence-electron chi connectivity index (χ3n) is 4.63. The topological polar surface area (TPSA) is 95.2 Å². The lowest BCUT2D eigenvalue weighted by Gasteiger charge is -2.12. The van der Waals surface area contributed by atoms with Crippen molar-refractivity contribution in [2.24, 2.45) is 0 Å². The second-order valence-corrected chi connectivity index (χ2v) is 7.71. The zero-order chi connectivity index (χ0) is 22.0. The summed E-state index contributed by atoms with van der Waals surface area (Å²) >= 11 is 0.743. The van der Waals surface area contributed by atoms with E-state index in [-0.39, 0.29) is 17.1 Å². The molecule has 2 heterocycles. The number of amides is 3. The van der Waals surface area contributed by atoms with Gasteiger partial charge < -0.3 is 9.88 Å².